The van der Waals surface area contributed by atoms with E-state index < -0.39 is 10.0 Å². The summed E-state index contributed by atoms with van der Waals surface area (Å²) in [5.41, 5.74) is 6.20. The molecule has 2 atom stereocenters. The molecule has 0 bridgehead atoms. The fraction of sp³-hybridized carbons (Fsp3) is 0.250. The van der Waals surface area contributed by atoms with Crippen molar-refractivity contribution in [2.24, 2.45) is 0 Å². The summed E-state index contributed by atoms with van der Waals surface area (Å²) in [5.74, 6) is 1.23. The molecule has 0 amide bonds. The molecule has 4 aromatic rings. The fourth-order valence-electron chi connectivity index (χ4n) is 5.09. The maximum atomic E-state index is 11.9. The van der Waals surface area contributed by atoms with Crippen molar-refractivity contribution in [1.82, 2.24) is 19.9 Å². The third-order valence-corrected chi connectivity index (χ3v) is 7.68. The number of sulfonamides is 1. The number of pyridine rings is 2. The van der Waals surface area contributed by atoms with Gasteiger partial charge >= 0.3 is 0 Å². The van der Waals surface area contributed by atoms with Gasteiger partial charge in [-0.15, -0.1) is 0 Å². The van der Waals surface area contributed by atoms with Gasteiger partial charge in [-0.1, -0.05) is 12.1 Å². The Labute approximate surface area is 233 Å². The Morgan fingerprint density at radius 2 is 1.85 bits per heavy atom. The van der Waals surface area contributed by atoms with Crippen LogP contribution in [0.25, 0.3) is 5.82 Å². The zero-order chi connectivity index (χ0) is 27.9. The van der Waals surface area contributed by atoms with Crippen LogP contribution in [0.3, 0.4) is 0 Å². The molecule has 1 aliphatic rings. The number of nitrogens with zero attached hydrogens (tertiary/aromatic N) is 4. The Morgan fingerprint density at radius 3 is 2.49 bits per heavy atom. The minimum Gasteiger partial charge on any atom is -0.494 e. The van der Waals surface area contributed by atoms with Crippen molar-refractivity contribution < 1.29 is 13.2 Å². The number of rotatable bonds is 7. The number of methoxy groups -OCH3 is 1. The first-order valence-electron chi connectivity index (χ1n) is 12.4. The molecule has 0 aliphatic carbocycles. The van der Waals surface area contributed by atoms with Gasteiger partial charge in [0.05, 0.1) is 36.8 Å². The first-order chi connectivity index (χ1) is 18.6. The molecular weight excluding hydrogens is 532 g/mol. The van der Waals surface area contributed by atoms with Crippen molar-refractivity contribution in [1.29, 1.82) is 0 Å². The number of hydrogen-bond donors (Lipinski definition) is 2. The highest BCUT2D eigenvalue weighted by Gasteiger charge is 2.42. The smallest absolute Gasteiger partial charge is 0.229 e. The van der Waals surface area contributed by atoms with Crippen LogP contribution in [0.2, 0.25) is 0 Å². The number of thiocarbonyl (C=S) groups is 1. The summed E-state index contributed by atoms with van der Waals surface area (Å²) >= 11 is 5.88. The largest absolute Gasteiger partial charge is 0.494 e. The van der Waals surface area contributed by atoms with Crippen LogP contribution in [0, 0.1) is 20.8 Å². The first kappa shape index (κ1) is 26.6. The van der Waals surface area contributed by atoms with E-state index in [-0.39, 0.29) is 12.1 Å². The van der Waals surface area contributed by atoms with Crippen LogP contribution in [0.4, 0.5) is 11.4 Å². The Kier molecular flexibility index (Phi) is 7.04. The van der Waals surface area contributed by atoms with Crippen LogP contribution >= 0.6 is 12.2 Å². The molecule has 1 aliphatic heterocycles. The van der Waals surface area contributed by atoms with E-state index in [1.165, 1.54) is 7.11 Å². The lowest BCUT2D eigenvalue weighted by molar-refractivity contribution is 0.417. The van der Waals surface area contributed by atoms with Crippen LogP contribution in [-0.4, -0.2) is 41.4 Å². The Morgan fingerprint density at radius 1 is 1.05 bits per heavy atom. The summed E-state index contributed by atoms with van der Waals surface area (Å²) < 4.78 is 34.0. The van der Waals surface area contributed by atoms with Gasteiger partial charge in [-0.05, 0) is 80.5 Å². The second-order valence-corrected chi connectivity index (χ2v) is 11.7. The van der Waals surface area contributed by atoms with E-state index in [9.17, 15) is 8.42 Å². The molecule has 9 nitrogen and oxygen atoms in total. The summed E-state index contributed by atoms with van der Waals surface area (Å²) in [6, 6.07) is 16.9. The molecule has 0 unspecified atom stereocenters. The van der Waals surface area contributed by atoms with Gasteiger partial charge in [0.2, 0.25) is 10.0 Å². The van der Waals surface area contributed by atoms with E-state index in [2.05, 4.69) is 50.6 Å². The monoisotopic (exact) mass is 562 g/mol. The second-order valence-electron chi connectivity index (χ2n) is 9.61. The van der Waals surface area contributed by atoms with Crippen LogP contribution in [0.1, 0.15) is 40.3 Å². The van der Waals surface area contributed by atoms with Gasteiger partial charge in [-0.3, -0.25) is 9.71 Å². The molecule has 5 rings (SSSR count). The van der Waals surface area contributed by atoms with Crippen molar-refractivity contribution in [2.75, 3.05) is 23.0 Å². The minimum absolute atomic E-state index is 0.238. The highest BCUT2D eigenvalue weighted by Crippen LogP contribution is 2.45. The van der Waals surface area contributed by atoms with Crippen molar-refractivity contribution in [3.05, 3.63) is 95.2 Å². The number of hydrogen-bond acceptors (Lipinski definition) is 6. The average Bonchev–Trinajstić information content (AvgIpc) is 3.39. The van der Waals surface area contributed by atoms with E-state index in [1.54, 1.807) is 18.3 Å². The fourth-order valence-corrected chi connectivity index (χ4v) is 6.01. The molecule has 11 heteroatoms. The van der Waals surface area contributed by atoms with Gasteiger partial charge in [0.15, 0.2) is 5.11 Å². The van der Waals surface area contributed by atoms with Crippen LogP contribution in [0.5, 0.6) is 5.75 Å². The number of benzene rings is 1. The third kappa shape index (κ3) is 5.19. The standard InChI is InChI=1S/C28H30N6O3S2/c1-17-9-12-25(30-16-17)33-18(2)14-21(19(33)3)27-26(23-8-6-7-13-29-23)31-28(38)34(27)20-10-11-22(24(15-20)37-4)32-39(5,35)36/h6-16,26-27,32H,1-5H3,(H,31,38)/t26-,27+/m1/s1. The maximum absolute atomic E-state index is 11.9. The zero-order valence-electron chi connectivity index (χ0n) is 22.3. The normalized spacial score (nSPS) is 17.3. The quantitative estimate of drug-likeness (QED) is 0.311. The Bertz CT molecular complexity index is 1640. The van der Waals surface area contributed by atoms with E-state index >= 15 is 0 Å². The summed E-state index contributed by atoms with van der Waals surface area (Å²) in [4.78, 5) is 11.3. The van der Waals surface area contributed by atoms with Crippen molar-refractivity contribution in [3.8, 4) is 11.6 Å². The Hall–Kier alpha value is -3.96. The molecule has 39 heavy (non-hydrogen) atoms. The molecule has 202 valence electrons. The molecule has 0 saturated carbocycles. The molecule has 1 fully saturated rings. The van der Waals surface area contributed by atoms with Crippen molar-refractivity contribution in [3.63, 3.8) is 0 Å². The van der Waals surface area contributed by atoms with Crippen LogP contribution in [0.15, 0.2) is 67.0 Å². The summed E-state index contributed by atoms with van der Waals surface area (Å²) in [6.07, 6.45) is 4.74. The lowest BCUT2D eigenvalue weighted by Gasteiger charge is -2.28. The summed E-state index contributed by atoms with van der Waals surface area (Å²) in [7, 11) is -1.98. The zero-order valence-corrected chi connectivity index (χ0v) is 24.0. The highest BCUT2D eigenvalue weighted by atomic mass is 32.2. The van der Waals surface area contributed by atoms with Gasteiger partial charge in [0, 0.05) is 35.5 Å². The number of ether oxygens (including phenoxy) is 1. The van der Waals surface area contributed by atoms with E-state index in [1.807, 2.05) is 48.4 Å². The summed E-state index contributed by atoms with van der Waals surface area (Å²) in [6.45, 7) is 6.16. The topological polar surface area (TPSA) is 101 Å². The average molecular weight is 563 g/mol. The summed E-state index contributed by atoms with van der Waals surface area (Å²) in [5, 5.41) is 4.01. The van der Waals surface area contributed by atoms with Gasteiger partial charge < -0.3 is 19.5 Å². The van der Waals surface area contributed by atoms with E-state index in [4.69, 9.17) is 17.0 Å². The van der Waals surface area contributed by atoms with Gasteiger partial charge in [0.1, 0.15) is 11.6 Å². The van der Waals surface area contributed by atoms with Crippen LogP contribution < -0.4 is 19.7 Å². The van der Waals surface area contributed by atoms with Gasteiger partial charge in [-0.25, -0.2) is 13.4 Å². The van der Waals surface area contributed by atoms with Crippen molar-refractivity contribution >= 4 is 38.7 Å². The lowest BCUT2D eigenvalue weighted by Crippen LogP contribution is -2.29. The van der Waals surface area contributed by atoms with E-state index in [0.717, 1.165) is 46.0 Å². The SMILES string of the molecule is COc1cc(N2C(=S)N[C@H](c3ccccn3)[C@@H]2c2cc(C)n(-c3ccc(C)cn3)c2C)ccc1NS(C)(=O)=O. The van der Waals surface area contributed by atoms with Crippen LogP contribution in [-0.2, 0) is 10.0 Å². The molecule has 0 radical (unpaired) electrons. The third-order valence-electron chi connectivity index (χ3n) is 6.77. The highest BCUT2D eigenvalue weighted by molar-refractivity contribution is 7.92. The number of anilines is 2. The number of aryl methyl sites for hydroxylation is 2. The van der Waals surface area contributed by atoms with Gasteiger partial charge in [-0.2, -0.15) is 0 Å². The molecule has 1 aromatic carbocycles. The maximum Gasteiger partial charge on any atom is 0.229 e. The molecule has 4 heterocycles. The van der Waals surface area contributed by atoms with E-state index in [0.29, 0.717) is 16.5 Å². The molecule has 3 aromatic heterocycles. The van der Waals surface area contributed by atoms with Crippen molar-refractivity contribution in [2.45, 2.75) is 32.9 Å². The predicted molar refractivity (Wildman–Crippen MR) is 157 cm³/mol. The van der Waals surface area contributed by atoms with Gasteiger partial charge in [0.25, 0.3) is 0 Å². The lowest BCUT2D eigenvalue weighted by atomic mass is 9.96. The number of nitrogens with one attached hydrogen (secondary N) is 2. The predicted octanol–water partition coefficient (Wildman–Crippen LogP) is 4.75. The minimum atomic E-state index is -3.49. The molecule has 1 saturated heterocycles. The number of aromatic nitrogens is 3. The Balaban J connectivity index is 1.66. The molecule has 2 N–H and O–H groups in total. The molecular formula is C28H30N6O3S2. The second kappa shape index (κ2) is 10.3. The first-order valence-corrected chi connectivity index (χ1v) is 14.7. The molecule has 0 spiro atoms.